The Morgan fingerprint density at radius 3 is 2.58 bits per heavy atom. The molecule has 0 aliphatic carbocycles. The molecule has 10 heteroatoms. The lowest BCUT2D eigenvalue weighted by Gasteiger charge is -2.09. The lowest BCUT2D eigenvalue weighted by molar-refractivity contribution is -0.137. The number of nitrogens with zero attached hydrogens (tertiary/aromatic N) is 1. The van der Waals surface area contributed by atoms with Crippen molar-refractivity contribution in [3.05, 3.63) is 77.6 Å². The minimum Gasteiger partial charge on any atom is -0.478 e. The molecule has 0 radical (unpaired) electrons. The zero-order valence-corrected chi connectivity index (χ0v) is 15.8. The van der Waals surface area contributed by atoms with Crippen LogP contribution in [-0.2, 0) is 11.0 Å². The molecule has 3 N–H and O–H groups in total. The predicted octanol–water partition coefficient (Wildman–Crippen LogP) is 4.23. The number of rotatable bonds is 7. The fourth-order valence-electron chi connectivity index (χ4n) is 2.58. The van der Waals surface area contributed by atoms with Gasteiger partial charge in [0.15, 0.2) is 0 Å². The van der Waals surface area contributed by atoms with Crippen molar-refractivity contribution in [1.29, 1.82) is 0 Å². The average Bonchev–Trinajstić information content (AvgIpc) is 3.21. The van der Waals surface area contributed by atoms with E-state index in [2.05, 4.69) is 15.8 Å². The van der Waals surface area contributed by atoms with Gasteiger partial charge in [0.25, 0.3) is 5.91 Å². The molecule has 0 aliphatic rings. The van der Waals surface area contributed by atoms with Crippen LogP contribution in [0.2, 0.25) is 0 Å². The summed E-state index contributed by atoms with van der Waals surface area (Å²) in [6.07, 6.45) is -3.23. The lowest BCUT2D eigenvalue weighted by atomic mass is 10.1. The standard InChI is InChI=1S/C21H16F3N3O4/c22-21(23,24)15-5-2-6-16(10-15)25-12-19(28)27-26-11-17-7-8-18(31-17)13-3-1-4-14(9-13)20(29)30/h1-11,25H,12H2,(H,27,28)(H,29,30)/b26-11-. The van der Waals surface area contributed by atoms with Crippen LogP contribution in [0.3, 0.4) is 0 Å². The Morgan fingerprint density at radius 2 is 1.84 bits per heavy atom. The van der Waals surface area contributed by atoms with Crippen molar-refractivity contribution in [2.45, 2.75) is 6.18 Å². The fourth-order valence-corrected chi connectivity index (χ4v) is 2.58. The van der Waals surface area contributed by atoms with Crippen molar-refractivity contribution in [2.75, 3.05) is 11.9 Å². The first-order chi connectivity index (χ1) is 14.7. The Labute approximate surface area is 174 Å². The maximum atomic E-state index is 12.7. The van der Waals surface area contributed by atoms with E-state index in [1.165, 1.54) is 30.5 Å². The van der Waals surface area contributed by atoms with E-state index >= 15 is 0 Å². The number of hydrogen-bond acceptors (Lipinski definition) is 5. The summed E-state index contributed by atoms with van der Waals surface area (Å²) in [7, 11) is 0. The molecule has 1 aromatic heterocycles. The molecule has 0 spiro atoms. The van der Waals surface area contributed by atoms with Gasteiger partial charge >= 0.3 is 12.1 Å². The topological polar surface area (TPSA) is 104 Å². The van der Waals surface area contributed by atoms with E-state index in [1.54, 1.807) is 24.3 Å². The minimum absolute atomic E-state index is 0.115. The summed E-state index contributed by atoms with van der Waals surface area (Å²) < 4.78 is 43.6. The SMILES string of the molecule is O=C(CNc1cccc(C(F)(F)F)c1)N/N=C\c1ccc(-c2cccc(C(=O)O)c2)o1. The van der Waals surface area contributed by atoms with Crippen LogP contribution in [0.25, 0.3) is 11.3 Å². The van der Waals surface area contributed by atoms with Crippen LogP contribution >= 0.6 is 0 Å². The summed E-state index contributed by atoms with van der Waals surface area (Å²) in [6.45, 7) is -0.288. The van der Waals surface area contributed by atoms with Crippen molar-refractivity contribution >= 4 is 23.8 Å². The third-order valence-electron chi connectivity index (χ3n) is 4.04. The molecule has 3 aromatic rings. The molecule has 1 heterocycles. The number of nitrogens with one attached hydrogen (secondary N) is 2. The molecule has 0 bridgehead atoms. The number of carboxylic acid groups (broad SMARTS) is 1. The first kappa shape index (κ1) is 21.6. The van der Waals surface area contributed by atoms with Gasteiger partial charge in [0, 0.05) is 11.3 Å². The Balaban J connectivity index is 1.54. The zero-order valence-electron chi connectivity index (χ0n) is 15.8. The van der Waals surface area contributed by atoms with E-state index in [-0.39, 0.29) is 17.8 Å². The third kappa shape index (κ3) is 5.95. The van der Waals surface area contributed by atoms with Crippen molar-refractivity contribution < 1.29 is 32.3 Å². The van der Waals surface area contributed by atoms with Gasteiger partial charge in [-0.1, -0.05) is 18.2 Å². The number of alkyl halides is 3. The molecule has 31 heavy (non-hydrogen) atoms. The number of aromatic carboxylic acids is 1. The molecule has 0 aliphatic heterocycles. The summed E-state index contributed by atoms with van der Waals surface area (Å²) >= 11 is 0. The molecule has 0 unspecified atom stereocenters. The second kappa shape index (κ2) is 9.16. The molecular weight excluding hydrogens is 415 g/mol. The van der Waals surface area contributed by atoms with Gasteiger partial charge in [0.1, 0.15) is 11.5 Å². The van der Waals surface area contributed by atoms with Crippen LogP contribution in [0.15, 0.2) is 70.2 Å². The molecule has 0 saturated heterocycles. The Kier molecular flexibility index (Phi) is 6.39. The van der Waals surface area contributed by atoms with Crippen LogP contribution < -0.4 is 10.7 Å². The number of carbonyl (C=O) groups excluding carboxylic acids is 1. The van der Waals surface area contributed by atoms with E-state index in [0.717, 1.165) is 12.1 Å². The molecule has 160 valence electrons. The number of hydrogen-bond donors (Lipinski definition) is 3. The van der Waals surface area contributed by atoms with Crippen LogP contribution in [0.5, 0.6) is 0 Å². The molecule has 0 saturated carbocycles. The Bertz CT molecular complexity index is 1120. The second-order valence-electron chi connectivity index (χ2n) is 6.31. The highest BCUT2D eigenvalue weighted by Gasteiger charge is 2.30. The van der Waals surface area contributed by atoms with Gasteiger partial charge in [-0.3, -0.25) is 4.79 Å². The highest BCUT2D eigenvalue weighted by Crippen LogP contribution is 2.30. The number of benzene rings is 2. The van der Waals surface area contributed by atoms with Gasteiger partial charge in [-0.25, -0.2) is 10.2 Å². The summed E-state index contributed by atoms with van der Waals surface area (Å²) in [5.41, 5.74) is 2.23. The molecule has 3 rings (SSSR count). The minimum atomic E-state index is -4.47. The first-order valence-electron chi connectivity index (χ1n) is 8.89. The fraction of sp³-hybridized carbons (Fsp3) is 0.0952. The molecule has 0 atom stereocenters. The predicted molar refractivity (Wildman–Crippen MR) is 107 cm³/mol. The van der Waals surface area contributed by atoms with Crippen LogP contribution in [0.4, 0.5) is 18.9 Å². The number of hydrazone groups is 1. The van der Waals surface area contributed by atoms with Crippen molar-refractivity contribution in [1.82, 2.24) is 5.43 Å². The second-order valence-corrected chi connectivity index (χ2v) is 6.31. The number of carbonyl (C=O) groups is 2. The van der Waals surface area contributed by atoms with E-state index in [1.807, 2.05) is 0 Å². The largest absolute Gasteiger partial charge is 0.478 e. The van der Waals surface area contributed by atoms with Crippen LogP contribution in [-0.4, -0.2) is 29.7 Å². The molecular formula is C21H16F3N3O4. The van der Waals surface area contributed by atoms with Gasteiger partial charge in [0.05, 0.1) is 23.9 Å². The molecule has 1 amide bonds. The van der Waals surface area contributed by atoms with E-state index in [4.69, 9.17) is 9.52 Å². The quantitative estimate of drug-likeness (QED) is 0.384. The van der Waals surface area contributed by atoms with Crippen molar-refractivity contribution in [3.8, 4) is 11.3 Å². The van der Waals surface area contributed by atoms with Gasteiger partial charge in [-0.15, -0.1) is 0 Å². The number of anilines is 1. The number of amides is 1. The van der Waals surface area contributed by atoms with Crippen molar-refractivity contribution in [2.24, 2.45) is 5.10 Å². The Hall–Kier alpha value is -4.08. The molecule has 0 fully saturated rings. The van der Waals surface area contributed by atoms with Gasteiger partial charge in [-0.2, -0.15) is 18.3 Å². The van der Waals surface area contributed by atoms with Crippen LogP contribution in [0, 0.1) is 0 Å². The lowest BCUT2D eigenvalue weighted by Crippen LogP contribution is -2.26. The number of furan rings is 1. The van der Waals surface area contributed by atoms with E-state index in [9.17, 15) is 22.8 Å². The zero-order chi connectivity index (χ0) is 22.4. The maximum absolute atomic E-state index is 12.7. The molecule has 7 nitrogen and oxygen atoms in total. The normalized spacial score (nSPS) is 11.5. The Morgan fingerprint density at radius 1 is 1.06 bits per heavy atom. The van der Waals surface area contributed by atoms with E-state index < -0.39 is 23.6 Å². The smallest absolute Gasteiger partial charge is 0.416 e. The third-order valence-corrected chi connectivity index (χ3v) is 4.04. The summed E-state index contributed by atoms with van der Waals surface area (Å²) in [4.78, 5) is 22.9. The first-order valence-corrected chi connectivity index (χ1v) is 8.89. The number of carboxylic acids is 1. The van der Waals surface area contributed by atoms with Crippen LogP contribution in [0.1, 0.15) is 21.7 Å². The number of halogens is 3. The highest BCUT2D eigenvalue weighted by atomic mass is 19.4. The monoisotopic (exact) mass is 431 g/mol. The van der Waals surface area contributed by atoms with Gasteiger partial charge in [-0.05, 0) is 42.5 Å². The summed E-state index contributed by atoms with van der Waals surface area (Å²) in [6, 6.07) is 13.9. The maximum Gasteiger partial charge on any atom is 0.416 e. The average molecular weight is 431 g/mol. The van der Waals surface area contributed by atoms with Gasteiger partial charge < -0.3 is 14.8 Å². The van der Waals surface area contributed by atoms with Crippen molar-refractivity contribution in [3.63, 3.8) is 0 Å². The summed E-state index contributed by atoms with van der Waals surface area (Å²) in [5.74, 6) is -0.907. The summed E-state index contributed by atoms with van der Waals surface area (Å²) in [5, 5.41) is 15.4. The van der Waals surface area contributed by atoms with Gasteiger partial charge in [0.2, 0.25) is 0 Å². The molecule has 2 aromatic carbocycles. The highest BCUT2D eigenvalue weighted by molar-refractivity contribution is 5.89. The van der Waals surface area contributed by atoms with E-state index in [0.29, 0.717) is 17.1 Å².